The van der Waals surface area contributed by atoms with Gasteiger partial charge in [0.15, 0.2) is 23.3 Å². The molecule has 0 saturated heterocycles. The number of nitrogens with zero attached hydrogens (tertiary/aromatic N) is 8. The van der Waals surface area contributed by atoms with Crippen LogP contribution >= 0.6 is 0 Å². The van der Waals surface area contributed by atoms with Gasteiger partial charge in [0.2, 0.25) is 5.95 Å². The molecule has 0 fully saturated rings. The lowest BCUT2D eigenvalue weighted by atomic mass is 9.66. The smallest absolute Gasteiger partial charge is 0.238 e. The van der Waals surface area contributed by atoms with Crippen LogP contribution in [0.1, 0.15) is 40.4 Å². The van der Waals surface area contributed by atoms with Crippen molar-refractivity contribution >= 4 is 49.2 Å². The van der Waals surface area contributed by atoms with Crippen LogP contribution in [0.4, 0.5) is 0 Å². The first-order valence-electron chi connectivity index (χ1n) is 27.6. The highest BCUT2D eigenvalue weighted by molar-refractivity contribution is 6.26. The molecule has 380 valence electrons. The quantitative estimate of drug-likeness (QED) is 0.143. The van der Waals surface area contributed by atoms with Crippen molar-refractivity contribution < 1.29 is 0 Å². The maximum atomic E-state index is 5.57. The molecule has 0 bridgehead atoms. The van der Waals surface area contributed by atoms with E-state index in [0.717, 1.165) is 77.4 Å². The normalized spacial score (nSPS) is 14.5. The van der Waals surface area contributed by atoms with Crippen LogP contribution in [0.5, 0.6) is 0 Å². The number of hydrogen-bond acceptors (Lipinski definition) is 6. The Bertz CT molecular complexity index is 4740. The van der Waals surface area contributed by atoms with Crippen molar-refractivity contribution in [2.75, 3.05) is 0 Å². The topological polar surface area (TPSA) is 87.2 Å². The molecular formula is C73H48N8. The molecule has 16 rings (SSSR count). The van der Waals surface area contributed by atoms with Crippen LogP contribution in [0.15, 0.2) is 279 Å². The van der Waals surface area contributed by atoms with Gasteiger partial charge in [0.1, 0.15) is 5.82 Å². The minimum Gasteiger partial charge on any atom is -0.308 e. The van der Waals surface area contributed by atoms with Crippen LogP contribution in [-0.2, 0) is 5.41 Å². The largest absolute Gasteiger partial charge is 0.308 e. The van der Waals surface area contributed by atoms with Crippen LogP contribution in [-0.4, -0.2) is 39.0 Å². The molecule has 4 heterocycles. The number of hydrogen-bond donors (Lipinski definition) is 0. The zero-order chi connectivity index (χ0) is 53.4. The van der Waals surface area contributed by atoms with Crippen LogP contribution < -0.4 is 0 Å². The molecule has 2 aliphatic carbocycles. The van der Waals surface area contributed by atoms with Gasteiger partial charge in [-0.25, -0.2) is 19.9 Å². The van der Waals surface area contributed by atoms with E-state index in [2.05, 4.69) is 228 Å². The lowest BCUT2D eigenvalue weighted by Crippen LogP contribution is -2.29. The van der Waals surface area contributed by atoms with E-state index in [4.69, 9.17) is 29.9 Å². The van der Waals surface area contributed by atoms with Crippen LogP contribution in [0.3, 0.4) is 0 Å². The number of rotatable bonds is 9. The van der Waals surface area contributed by atoms with Gasteiger partial charge in [0, 0.05) is 49.7 Å². The van der Waals surface area contributed by atoms with E-state index in [9.17, 15) is 0 Å². The Morgan fingerprint density at radius 2 is 0.864 bits per heavy atom. The molecule has 0 radical (unpaired) electrons. The summed E-state index contributed by atoms with van der Waals surface area (Å²) in [4.78, 5) is 32.1. The zero-order valence-corrected chi connectivity index (χ0v) is 43.8. The Kier molecular flexibility index (Phi) is 10.7. The van der Waals surface area contributed by atoms with Crippen molar-refractivity contribution in [2.45, 2.75) is 17.8 Å². The Morgan fingerprint density at radius 1 is 0.370 bits per heavy atom. The summed E-state index contributed by atoms with van der Waals surface area (Å²) >= 11 is 0. The molecule has 8 heteroatoms. The van der Waals surface area contributed by atoms with Gasteiger partial charge in [0.25, 0.3) is 0 Å². The van der Waals surface area contributed by atoms with Gasteiger partial charge >= 0.3 is 0 Å². The Hall–Kier alpha value is -10.7. The second kappa shape index (κ2) is 18.8. The summed E-state index contributed by atoms with van der Waals surface area (Å²) in [6.07, 6.45) is 5.60. The van der Waals surface area contributed by atoms with Gasteiger partial charge in [-0.3, -0.25) is 4.57 Å². The molecule has 81 heavy (non-hydrogen) atoms. The second-order valence-electron chi connectivity index (χ2n) is 20.9. The van der Waals surface area contributed by atoms with E-state index in [-0.39, 0.29) is 5.92 Å². The Morgan fingerprint density at radius 3 is 1.51 bits per heavy atom. The molecule has 2 aliphatic rings. The average molecular weight is 1040 g/mol. The van der Waals surface area contributed by atoms with Gasteiger partial charge < -0.3 is 4.57 Å². The average Bonchev–Trinajstić information content (AvgIpc) is 3.51. The highest BCUT2D eigenvalue weighted by Crippen LogP contribution is 2.59. The lowest BCUT2D eigenvalue weighted by molar-refractivity contribution is 0.725. The van der Waals surface area contributed by atoms with E-state index in [1.54, 1.807) is 0 Å². The molecule has 14 aromatic rings. The minimum atomic E-state index is -0.488. The number of para-hydroxylation sites is 3. The number of aromatic nitrogens is 8. The van der Waals surface area contributed by atoms with Crippen LogP contribution in [0.25, 0.3) is 106 Å². The van der Waals surface area contributed by atoms with Gasteiger partial charge in [-0.05, 0) is 70.2 Å². The minimum absolute atomic E-state index is 0.140. The zero-order valence-electron chi connectivity index (χ0n) is 43.8. The third-order valence-electron chi connectivity index (χ3n) is 16.4. The molecule has 0 spiro atoms. The lowest BCUT2D eigenvalue weighted by Gasteiger charge is -2.35. The SMILES string of the molecule is C1=C2C(=CCC1c1nc(-c3ccccc3)nc(-c3ccccc3-n3c4ccccc4c4c3ccc3c5ccccc5n(-c5nc(-c6ccccc6)nc(-c6ccccc6)n5)c34)n1)C(c1ccccc1)(c1ccccc1)c1ccccc12. The fourth-order valence-electron chi connectivity index (χ4n) is 13.0. The summed E-state index contributed by atoms with van der Waals surface area (Å²) in [5.74, 6) is 3.55. The molecule has 0 N–H and O–H groups in total. The summed E-state index contributed by atoms with van der Waals surface area (Å²) in [7, 11) is 0. The fourth-order valence-corrected chi connectivity index (χ4v) is 13.0. The fraction of sp³-hybridized carbons (Fsp3) is 0.0411. The summed E-state index contributed by atoms with van der Waals surface area (Å²) in [6, 6.07) is 91.8. The van der Waals surface area contributed by atoms with E-state index in [1.807, 2.05) is 54.6 Å². The van der Waals surface area contributed by atoms with Crippen LogP contribution in [0.2, 0.25) is 0 Å². The first kappa shape index (κ1) is 46.4. The van der Waals surface area contributed by atoms with Crippen molar-refractivity contribution in [1.29, 1.82) is 0 Å². The monoisotopic (exact) mass is 1040 g/mol. The van der Waals surface area contributed by atoms with Gasteiger partial charge in [-0.2, -0.15) is 9.97 Å². The molecule has 10 aromatic carbocycles. The molecule has 4 aromatic heterocycles. The maximum Gasteiger partial charge on any atom is 0.238 e. The first-order valence-corrected chi connectivity index (χ1v) is 27.6. The van der Waals surface area contributed by atoms with E-state index >= 15 is 0 Å². The first-order chi connectivity index (χ1) is 40.2. The van der Waals surface area contributed by atoms with Gasteiger partial charge in [0.05, 0.1) is 33.2 Å². The van der Waals surface area contributed by atoms with Crippen molar-refractivity contribution in [1.82, 2.24) is 39.0 Å². The molecule has 8 nitrogen and oxygen atoms in total. The summed E-state index contributed by atoms with van der Waals surface area (Å²) in [6.45, 7) is 0. The molecule has 0 amide bonds. The van der Waals surface area contributed by atoms with E-state index in [1.165, 1.54) is 33.4 Å². The number of fused-ring (bicyclic) bond motifs is 10. The summed E-state index contributed by atoms with van der Waals surface area (Å²) in [5.41, 5.74) is 15.7. The van der Waals surface area contributed by atoms with Crippen molar-refractivity contribution in [3.63, 3.8) is 0 Å². The summed E-state index contributed by atoms with van der Waals surface area (Å²) in [5, 5.41) is 4.37. The van der Waals surface area contributed by atoms with Crippen molar-refractivity contribution in [3.05, 3.63) is 307 Å². The Balaban J connectivity index is 0.901. The third-order valence-corrected chi connectivity index (χ3v) is 16.4. The molecular weight excluding hydrogens is 989 g/mol. The Labute approximate surface area is 467 Å². The number of benzene rings is 10. The van der Waals surface area contributed by atoms with E-state index in [0.29, 0.717) is 35.7 Å². The molecule has 0 saturated carbocycles. The predicted octanol–water partition coefficient (Wildman–Crippen LogP) is 16.8. The number of allylic oxidation sites excluding steroid dienone is 4. The second-order valence-corrected chi connectivity index (χ2v) is 20.9. The predicted molar refractivity (Wildman–Crippen MR) is 326 cm³/mol. The molecule has 1 atom stereocenters. The molecule has 0 aliphatic heterocycles. The van der Waals surface area contributed by atoms with E-state index < -0.39 is 5.41 Å². The summed E-state index contributed by atoms with van der Waals surface area (Å²) < 4.78 is 4.62. The van der Waals surface area contributed by atoms with Crippen molar-refractivity contribution in [3.8, 4) is 57.2 Å². The van der Waals surface area contributed by atoms with Crippen molar-refractivity contribution in [2.24, 2.45) is 0 Å². The standard InChI is InChI=1S/C73H48N8/c1-6-24-47(25-7-1)67-74-70(50-42-44-60-58(46-50)53-34-16-20-38-59(53)73(60,51-30-12-4-13-31-51)52-32-14-5-15-33-52)77-71(76-67)57-37-19-23-41-63(57)80-62-40-22-18-36-56(62)65-64(80)45-43-55-54-35-17-21-39-61(54)81(66(55)65)72-78-68(48-26-8-2-9-27-48)75-69(79-72)49-28-10-3-11-29-49/h1-41,43-46,50H,42H2. The van der Waals surface area contributed by atoms with Gasteiger partial charge in [-0.1, -0.05) is 243 Å². The molecule has 1 unspecified atom stereocenters. The third kappa shape index (κ3) is 7.30. The maximum absolute atomic E-state index is 5.57. The van der Waals surface area contributed by atoms with Crippen LogP contribution in [0, 0.1) is 0 Å². The highest BCUT2D eigenvalue weighted by atomic mass is 15.2. The highest BCUT2D eigenvalue weighted by Gasteiger charge is 2.49. The van der Waals surface area contributed by atoms with Gasteiger partial charge in [-0.15, -0.1) is 0 Å².